The Balaban J connectivity index is 4.25. The Labute approximate surface area is 78.0 Å². The number of ether oxygens (including phenoxy) is 1. The molecule has 0 aromatic carbocycles. The predicted octanol–water partition coefficient (Wildman–Crippen LogP) is 1.05. The molecule has 0 bridgehead atoms. The molecule has 0 fully saturated rings. The van der Waals surface area contributed by atoms with Crippen molar-refractivity contribution in [1.82, 2.24) is 0 Å². The zero-order valence-corrected chi connectivity index (χ0v) is 7.52. The molecule has 0 aromatic heterocycles. The Bertz CT molecular complexity index is 185. The monoisotopic (exact) mass is 219 g/mol. The molecule has 0 heterocycles. The first-order chi connectivity index (χ1) is 5.80. The second-order valence-corrected chi connectivity index (χ2v) is 2.69. The van der Waals surface area contributed by atoms with E-state index in [4.69, 9.17) is 11.6 Å². The van der Waals surface area contributed by atoms with Crippen LogP contribution < -0.4 is 5.73 Å². The summed E-state index contributed by atoms with van der Waals surface area (Å²) in [5.74, 6) is -1.16. The van der Waals surface area contributed by atoms with Crippen molar-refractivity contribution >= 4 is 17.6 Å². The first-order valence-corrected chi connectivity index (χ1v) is 3.87. The van der Waals surface area contributed by atoms with Gasteiger partial charge in [-0.15, -0.1) is 11.6 Å². The molecule has 0 saturated heterocycles. The maximum atomic E-state index is 11.9. The fourth-order valence-corrected chi connectivity index (χ4v) is 0.740. The second-order valence-electron chi connectivity index (χ2n) is 2.22. The van der Waals surface area contributed by atoms with Crippen molar-refractivity contribution in [2.75, 3.05) is 6.61 Å². The number of nitrogens with two attached hydrogens (primary N) is 1. The molecule has 0 rings (SSSR count). The van der Waals surface area contributed by atoms with Gasteiger partial charge in [0.25, 0.3) is 0 Å². The van der Waals surface area contributed by atoms with E-state index >= 15 is 0 Å². The van der Waals surface area contributed by atoms with Crippen molar-refractivity contribution in [3.63, 3.8) is 0 Å². The van der Waals surface area contributed by atoms with Crippen LogP contribution in [0, 0.1) is 0 Å². The van der Waals surface area contributed by atoms with E-state index in [1.807, 2.05) is 0 Å². The molecule has 7 heteroatoms. The number of hydrogen-bond acceptors (Lipinski definition) is 3. The lowest BCUT2D eigenvalue weighted by Crippen LogP contribution is -2.48. The van der Waals surface area contributed by atoms with Gasteiger partial charge in [0.2, 0.25) is 0 Å². The number of carbonyl (C=O) groups is 1. The molecule has 0 unspecified atom stereocenters. The van der Waals surface area contributed by atoms with Gasteiger partial charge in [0.05, 0.1) is 6.61 Å². The van der Waals surface area contributed by atoms with Gasteiger partial charge in [-0.1, -0.05) is 0 Å². The van der Waals surface area contributed by atoms with Gasteiger partial charge in [0, 0.05) is 0 Å². The number of carbonyl (C=O) groups excluding carboxylic acids is 1. The van der Waals surface area contributed by atoms with E-state index < -0.39 is 23.6 Å². The highest BCUT2D eigenvalue weighted by Crippen LogP contribution is 2.23. The zero-order chi connectivity index (χ0) is 10.6. The van der Waals surface area contributed by atoms with E-state index in [1.165, 1.54) is 6.92 Å². The third-order valence-electron chi connectivity index (χ3n) is 1.21. The molecule has 0 spiro atoms. The molecule has 0 radical (unpaired) electrons. The smallest absolute Gasteiger partial charge is 0.405 e. The predicted molar refractivity (Wildman–Crippen MR) is 40.3 cm³/mol. The third-order valence-corrected chi connectivity index (χ3v) is 1.65. The first kappa shape index (κ1) is 12.5. The van der Waals surface area contributed by atoms with Crippen molar-refractivity contribution in [3.05, 3.63) is 0 Å². The number of halogens is 4. The normalized spacial score (nSPS) is 16.5. The zero-order valence-electron chi connectivity index (χ0n) is 6.77. The van der Waals surface area contributed by atoms with Gasteiger partial charge in [-0.05, 0) is 6.92 Å². The molecule has 2 atom stereocenters. The van der Waals surface area contributed by atoms with Crippen LogP contribution >= 0.6 is 11.6 Å². The fraction of sp³-hybridized carbons (Fsp3) is 0.833. The highest BCUT2D eigenvalue weighted by molar-refractivity contribution is 6.30. The minimum Gasteiger partial charge on any atom is -0.465 e. The molecular formula is C6H9ClF3NO2. The molecular weight excluding hydrogens is 211 g/mol. The molecule has 0 saturated carbocycles. The molecule has 0 aliphatic rings. The number of alkyl halides is 4. The van der Waals surface area contributed by atoms with E-state index in [1.54, 1.807) is 0 Å². The quantitative estimate of drug-likeness (QED) is 0.570. The van der Waals surface area contributed by atoms with Crippen LogP contribution in [0.5, 0.6) is 0 Å². The van der Waals surface area contributed by atoms with Gasteiger partial charge in [-0.3, -0.25) is 4.79 Å². The van der Waals surface area contributed by atoms with Crippen LogP contribution in [0.15, 0.2) is 0 Å². The van der Waals surface area contributed by atoms with Gasteiger partial charge >= 0.3 is 12.1 Å². The van der Waals surface area contributed by atoms with E-state index in [0.29, 0.717) is 0 Å². The van der Waals surface area contributed by atoms with Gasteiger partial charge in [0.1, 0.15) is 6.04 Å². The van der Waals surface area contributed by atoms with Crippen molar-refractivity contribution in [2.24, 2.45) is 5.73 Å². The van der Waals surface area contributed by atoms with Crippen LogP contribution in [0.4, 0.5) is 13.2 Å². The minimum absolute atomic E-state index is 0.0351. The Morgan fingerprint density at radius 1 is 1.62 bits per heavy atom. The summed E-state index contributed by atoms with van der Waals surface area (Å²) in [6, 6.07) is -2.40. The van der Waals surface area contributed by atoms with Crippen molar-refractivity contribution in [3.8, 4) is 0 Å². The van der Waals surface area contributed by atoms with E-state index in [0.717, 1.165) is 0 Å². The lowest BCUT2D eigenvalue weighted by Gasteiger charge is -2.18. The molecule has 0 aliphatic carbocycles. The van der Waals surface area contributed by atoms with Crippen LogP contribution in [0.1, 0.15) is 6.92 Å². The minimum atomic E-state index is -4.70. The van der Waals surface area contributed by atoms with Crippen molar-refractivity contribution in [2.45, 2.75) is 24.5 Å². The summed E-state index contributed by atoms with van der Waals surface area (Å²) in [6.45, 7) is 1.42. The van der Waals surface area contributed by atoms with Crippen LogP contribution in [0.25, 0.3) is 0 Å². The Morgan fingerprint density at radius 3 is 2.38 bits per heavy atom. The summed E-state index contributed by atoms with van der Waals surface area (Å²) in [4.78, 5) is 10.7. The summed E-state index contributed by atoms with van der Waals surface area (Å²) >= 11 is 5.13. The van der Waals surface area contributed by atoms with E-state index in [2.05, 4.69) is 10.5 Å². The number of hydrogen-bond donors (Lipinski definition) is 1. The molecule has 0 aliphatic heterocycles. The van der Waals surface area contributed by atoms with Crippen LogP contribution in [0.3, 0.4) is 0 Å². The number of esters is 1. The maximum absolute atomic E-state index is 11.9. The highest BCUT2D eigenvalue weighted by atomic mass is 35.5. The standard InChI is InChI=1S/C6H9ClF3NO2/c1-2-13-5(12)3(7)4(11)6(8,9)10/h3-4H,2,11H2,1H3/t3-,4+/m0/s1. The first-order valence-electron chi connectivity index (χ1n) is 3.43. The van der Waals surface area contributed by atoms with Crippen LogP contribution in [-0.2, 0) is 9.53 Å². The van der Waals surface area contributed by atoms with Crippen molar-refractivity contribution in [1.29, 1.82) is 0 Å². The summed E-state index contributed by atoms with van der Waals surface area (Å²) in [6.07, 6.45) is -4.70. The topological polar surface area (TPSA) is 52.3 Å². The summed E-state index contributed by atoms with van der Waals surface area (Å²) in [5, 5.41) is -1.89. The lowest BCUT2D eigenvalue weighted by atomic mass is 10.2. The average Bonchev–Trinajstić information content (AvgIpc) is 2.00. The average molecular weight is 220 g/mol. The van der Waals surface area contributed by atoms with Gasteiger partial charge < -0.3 is 10.5 Å². The molecule has 13 heavy (non-hydrogen) atoms. The SMILES string of the molecule is CCOC(=O)[C@@H](Cl)[C@@H](N)C(F)(F)F. The Morgan fingerprint density at radius 2 is 2.08 bits per heavy atom. The molecule has 0 amide bonds. The fourth-order valence-electron chi connectivity index (χ4n) is 0.534. The molecule has 2 N–H and O–H groups in total. The van der Waals surface area contributed by atoms with Crippen LogP contribution in [0.2, 0.25) is 0 Å². The maximum Gasteiger partial charge on any atom is 0.405 e. The van der Waals surface area contributed by atoms with E-state index in [9.17, 15) is 18.0 Å². The molecule has 3 nitrogen and oxygen atoms in total. The van der Waals surface area contributed by atoms with Crippen molar-refractivity contribution < 1.29 is 22.7 Å². The van der Waals surface area contributed by atoms with Crippen LogP contribution in [-0.4, -0.2) is 30.2 Å². The van der Waals surface area contributed by atoms with Gasteiger partial charge in [0.15, 0.2) is 5.38 Å². The lowest BCUT2D eigenvalue weighted by molar-refractivity contribution is -0.162. The van der Waals surface area contributed by atoms with Gasteiger partial charge in [-0.2, -0.15) is 13.2 Å². The van der Waals surface area contributed by atoms with E-state index in [-0.39, 0.29) is 6.61 Å². The highest BCUT2D eigenvalue weighted by Gasteiger charge is 2.44. The Kier molecular flexibility index (Phi) is 4.49. The Hall–Kier alpha value is -0.490. The largest absolute Gasteiger partial charge is 0.465 e. The summed E-state index contributed by atoms with van der Waals surface area (Å²) in [7, 11) is 0. The van der Waals surface area contributed by atoms with Gasteiger partial charge in [-0.25, -0.2) is 0 Å². The molecule has 0 aromatic rings. The third kappa shape index (κ3) is 3.82. The number of rotatable bonds is 3. The summed E-state index contributed by atoms with van der Waals surface area (Å²) < 4.78 is 39.9. The second kappa shape index (κ2) is 4.66. The molecule has 78 valence electrons. The summed E-state index contributed by atoms with van der Waals surface area (Å²) in [5.41, 5.74) is 4.67.